The first-order chi connectivity index (χ1) is 22.7. The van der Waals surface area contributed by atoms with Crippen LogP contribution in [-0.4, -0.2) is 144 Å². The highest BCUT2D eigenvalue weighted by molar-refractivity contribution is 5.81. The van der Waals surface area contributed by atoms with Crippen molar-refractivity contribution in [1.82, 2.24) is 10.6 Å². The van der Waals surface area contributed by atoms with Crippen molar-refractivity contribution in [3.05, 3.63) is 40.6 Å². The van der Waals surface area contributed by atoms with E-state index in [-0.39, 0.29) is 19.0 Å². The number of carbonyl (C=O) groups is 2. The number of hydroxylamine groups is 1. The average Bonchev–Trinajstić information content (AvgIpc) is 3.07. The Morgan fingerprint density at radius 2 is 1.65 bits per heavy atom. The molecule has 0 unspecified atom stereocenters. The molecule has 1 saturated heterocycles. The van der Waals surface area contributed by atoms with Crippen molar-refractivity contribution >= 4 is 18.0 Å². The number of nitrogens with one attached hydrogen (secondary N) is 2. The lowest BCUT2D eigenvalue weighted by Crippen LogP contribution is -2.62. The summed E-state index contributed by atoms with van der Waals surface area (Å²) >= 11 is 0. The van der Waals surface area contributed by atoms with Gasteiger partial charge in [0.2, 0.25) is 5.91 Å². The van der Waals surface area contributed by atoms with Crippen LogP contribution in [0.5, 0.6) is 0 Å². The summed E-state index contributed by atoms with van der Waals surface area (Å²) in [5.41, 5.74) is 0.196. The summed E-state index contributed by atoms with van der Waals surface area (Å²) in [7, 11) is 0. The van der Waals surface area contributed by atoms with Crippen LogP contribution in [0.4, 0.5) is 0 Å². The number of hydrogen-bond donors (Lipinski definition) is 10. The molecule has 0 aromatic heterocycles. The molecule has 2 amide bonds. The van der Waals surface area contributed by atoms with E-state index < -0.39 is 79.8 Å². The van der Waals surface area contributed by atoms with E-state index in [1.807, 2.05) is 0 Å². The van der Waals surface area contributed by atoms with Crippen molar-refractivity contribution in [2.24, 2.45) is 0 Å². The Balaban J connectivity index is 1.94. The molecule has 10 N–H and O–H groups in total. The first-order valence-electron chi connectivity index (χ1n) is 16.2. The Labute approximate surface area is 280 Å². The van der Waals surface area contributed by atoms with Gasteiger partial charge in [0, 0.05) is 32.4 Å². The van der Waals surface area contributed by atoms with Crippen LogP contribution in [0.15, 0.2) is 24.3 Å². The molecule has 0 spiro atoms. The molecule has 0 bridgehead atoms. The Bertz CT molecular complexity index is 1150. The molecule has 1 aromatic carbocycles. The SMILES string of the molecule is CCCCCCCC(=O)NCC(C)(C)/[N+]([O-])=C/c1ccc(CNC(=O)[C@H](O)[C@H](O)[C@H](O[C@@H]2O[C@H](CO)[C@H](O)[C@H](O)[C@H]2O)[C@@H](O)CO)cc1. The van der Waals surface area contributed by atoms with Gasteiger partial charge in [-0.25, -0.2) is 4.74 Å². The molecule has 0 aliphatic carbocycles. The molecule has 0 radical (unpaired) electrons. The fraction of sp³-hybridized carbons (Fsp3) is 0.719. The van der Waals surface area contributed by atoms with Crippen LogP contribution in [0.3, 0.4) is 0 Å². The number of carbonyl (C=O) groups excluding carboxylic acids is 2. The summed E-state index contributed by atoms with van der Waals surface area (Å²) in [6.07, 6.45) is -9.89. The van der Waals surface area contributed by atoms with E-state index in [4.69, 9.17) is 9.47 Å². The standard InChI is InChI=1S/C32H53N3O13/c1-4-5-6-7-8-9-23(39)34-18-32(2,3)35(46)15-20-12-10-19(11-13-20)14-33-30(45)27(43)26(42)29(21(38)16-36)48-31-28(44)25(41)24(40)22(17-37)47-31/h10-13,15,21-22,24-29,31,36-38,40-44H,4-9,14,16-18H2,1-3H3,(H,33,45)(H,34,39)/b35-15-/t21-,22+,24-,25-,26-,27+,28+,29+,31-/m0/s1. The maximum Gasteiger partial charge on any atom is 0.251 e. The number of aliphatic hydroxyl groups is 8. The molecule has 0 saturated carbocycles. The third-order valence-electron chi connectivity index (χ3n) is 8.17. The molecule has 1 aromatic rings. The molecule has 1 aliphatic rings. The van der Waals surface area contributed by atoms with Gasteiger partial charge >= 0.3 is 0 Å². The van der Waals surface area contributed by atoms with Crippen LogP contribution < -0.4 is 10.6 Å². The maximum atomic E-state index is 12.8. The normalized spacial score (nSPS) is 24.4. The van der Waals surface area contributed by atoms with Crippen molar-refractivity contribution in [3.63, 3.8) is 0 Å². The van der Waals surface area contributed by atoms with Crippen molar-refractivity contribution < 1.29 is 64.7 Å². The zero-order valence-corrected chi connectivity index (χ0v) is 27.7. The summed E-state index contributed by atoms with van der Waals surface area (Å²) in [5.74, 6) is -1.18. The van der Waals surface area contributed by atoms with Crippen molar-refractivity contribution in [1.29, 1.82) is 0 Å². The lowest BCUT2D eigenvalue weighted by Gasteiger charge is -2.42. The predicted octanol–water partition coefficient (Wildman–Crippen LogP) is -2.25. The minimum Gasteiger partial charge on any atom is -0.623 e. The molecule has 1 heterocycles. The van der Waals surface area contributed by atoms with Gasteiger partial charge in [0.1, 0.15) is 42.7 Å². The van der Waals surface area contributed by atoms with Crippen LogP contribution in [0.25, 0.3) is 0 Å². The number of ether oxygens (including phenoxy) is 2. The highest BCUT2D eigenvalue weighted by Crippen LogP contribution is 2.25. The molecule has 16 heteroatoms. The first-order valence-corrected chi connectivity index (χ1v) is 16.2. The van der Waals surface area contributed by atoms with E-state index >= 15 is 0 Å². The zero-order valence-electron chi connectivity index (χ0n) is 27.7. The minimum absolute atomic E-state index is 0.0987. The predicted molar refractivity (Wildman–Crippen MR) is 171 cm³/mol. The van der Waals surface area contributed by atoms with Crippen molar-refractivity contribution in [3.8, 4) is 0 Å². The zero-order chi connectivity index (χ0) is 36.0. The molecule has 48 heavy (non-hydrogen) atoms. The third kappa shape index (κ3) is 12.3. The number of benzene rings is 1. The Morgan fingerprint density at radius 1 is 1.00 bits per heavy atom. The quantitative estimate of drug-likeness (QED) is 0.0229. The maximum absolute atomic E-state index is 12.8. The summed E-state index contributed by atoms with van der Waals surface area (Å²) in [5, 5.41) is 98.4. The minimum atomic E-state index is -2.20. The van der Waals surface area contributed by atoms with Gasteiger partial charge in [0.05, 0.1) is 19.8 Å². The summed E-state index contributed by atoms with van der Waals surface area (Å²) < 4.78 is 11.3. The molecule has 274 valence electrons. The summed E-state index contributed by atoms with van der Waals surface area (Å²) in [6, 6.07) is 6.50. The topological polar surface area (TPSA) is 265 Å². The average molecular weight is 688 g/mol. The monoisotopic (exact) mass is 687 g/mol. The van der Waals surface area contributed by atoms with Crippen LogP contribution in [0.2, 0.25) is 0 Å². The smallest absolute Gasteiger partial charge is 0.251 e. The van der Waals surface area contributed by atoms with E-state index in [0.29, 0.717) is 17.5 Å². The van der Waals surface area contributed by atoms with Crippen molar-refractivity contribution in [2.75, 3.05) is 19.8 Å². The van der Waals surface area contributed by atoms with Gasteiger partial charge < -0.3 is 66.2 Å². The third-order valence-corrected chi connectivity index (χ3v) is 8.17. The number of nitrogens with zero attached hydrogens (tertiary/aromatic N) is 1. The second-order valence-corrected chi connectivity index (χ2v) is 12.7. The Morgan fingerprint density at radius 3 is 2.25 bits per heavy atom. The van der Waals surface area contributed by atoms with E-state index in [1.165, 1.54) is 6.21 Å². The van der Waals surface area contributed by atoms with Crippen LogP contribution in [0.1, 0.15) is 70.4 Å². The number of unbranched alkanes of at least 4 members (excludes halogenated alkanes) is 4. The van der Waals surface area contributed by atoms with Crippen molar-refractivity contribution in [2.45, 2.75) is 127 Å². The number of hydrogen-bond acceptors (Lipinski definition) is 13. The van der Waals surface area contributed by atoms with E-state index in [0.717, 1.165) is 36.8 Å². The van der Waals surface area contributed by atoms with Crippen LogP contribution >= 0.6 is 0 Å². The van der Waals surface area contributed by atoms with Gasteiger partial charge in [-0.05, 0) is 24.1 Å². The second-order valence-electron chi connectivity index (χ2n) is 12.7. The van der Waals surface area contributed by atoms with Gasteiger partial charge in [0.15, 0.2) is 24.1 Å². The Hall–Kier alpha value is -2.77. The molecule has 1 fully saturated rings. The number of aliphatic hydroxyl groups excluding tert-OH is 8. The molecule has 9 atom stereocenters. The van der Waals surface area contributed by atoms with Gasteiger partial charge in [-0.1, -0.05) is 44.7 Å². The van der Waals surface area contributed by atoms with E-state index in [1.54, 1.807) is 38.1 Å². The molecular weight excluding hydrogens is 634 g/mol. The van der Waals surface area contributed by atoms with Gasteiger partial charge in [-0.3, -0.25) is 9.59 Å². The fourth-order valence-electron chi connectivity index (χ4n) is 4.87. The highest BCUT2D eigenvalue weighted by Gasteiger charge is 2.47. The largest absolute Gasteiger partial charge is 0.623 e. The lowest BCUT2D eigenvalue weighted by atomic mass is 9.98. The van der Waals surface area contributed by atoms with Gasteiger partial charge in [-0.15, -0.1) is 0 Å². The molecule has 2 rings (SSSR count). The van der Waals surface area contributed by atoms with E-state index in [2.05, 4.69) is 17.6 Å². The first kappa shape index (κ1) is 41.4. The van der Waals surface area contributed by atoms with Gasteiger partial charge in [0.25, 0.3) is 5.91 Å². The lowest BCUT2D eigenvalue weighted by molar-refractivity contribution is -0.533. The van der Waals surface area contributed by atoms with E-state index in [9.17, 15) is 55.6 Å². The number of rotatable bonds is 20. The van der Waals surface area contributed by atoms with Crippen LogP contribution in [-0.2, 0) is 25.6 Å². The summed E-state index contributed by atoms with van der Waals surface area (Å²) in [4.78, 5) is 24.8. The Kier molecular flexibility index (Phi) is 17.3. The second kappa shape index (κ2) is 20.0. The van der Waals surface area contributed by atoms with Crippen LogP contribution in [0, 0.1) is 5.21 Å². The fourth-order valence-corrected chi connectivity index (χ4v) is 4.87. The molecule has 16 nitrogen and oxygen atoms in total. The molecular formula is C32H53N3O13. The highest BCUT2D eigenvalue weighted by atomic mass is 16.7. The molecule has 1 aliphatic heterocycles. The summed E-state index contributed by atoms with van der Waals surface area (Å²) in [6.45, 7) is 3.81. The number of amides is 2. The van der Waals surface area contributed by atoms with Gasteiger partial charge in [-0.2, -0.15) is 0 Å².